The fourth-order valence-corrected chi connectivity index (χ4v) is 1.06. The molecular formula is C11H17NO3. The van der Waals surface area contributed by atoms with E-state index in [1.165, 1.54) is 11.8 Å². The van der Waals surface area contributed by atoms with Gasteiger partial charge in [-0.1, -0.05) is 13.5 Å². The predicted octanol–water partition coefficient (Wildman–Crippen LogP) is 0.959. The molecule has 4 nitrogen and oxygen atoms in total. The standard InChI is InChI=1S/C11H17NO3/c1-5-10(14)7-12(6-9(4)13)11(15)8(2)3/h2,5-7H2,1,3-4H3. The Morgan fingerprint density at radius 2 is 1.67 bits per heavy atom. The maximum atomic E-state index is 11.6. The van der Waals surface area contributed by atoms with Gasteiger partial charge in [0, 0.05) is 12.0 Å². The van der Waals surface area contributed by atoms with Gasteiger partial charge in [-0.25, -0.2) is 0 Å². The van der Waals surface area contributed by atoms with Crippen molar-refractivity contribution < 1.29 is 14.4 Å². The van der Waals surface area contributed by atoms with Crippen LogP contribution in [0, 0.1) is 0 Å². The summed E-state index contributed by atoms with van der Waals surface area (Å²) in [5, 5.41) is 0. The SMILES string of the molecule is C=C(C)C(=O)N(CC(C)=O)CC(=O)CC. The van der Waals surface area contributed by atoms with Gasteiger partial charge in [0.2, 0.25) is 5.91 Å². The molecule has 0 fully saturated rings. The molecule has 1 amide bonds. The molecule has 0 aromatic heterocycles. The third-order valence-corrected chi connectivity index (χ3v) is 1.83. The Morgan fingerprint density at radius 1 is 1.13 bits per heavy atom. The summed E-state index contributed by atoms with van der Waals surface area (Å²) in [6, 6.07) is 0. The summed E-state index contributed by atoms with van der Waals surface area (Å²) in [5.41, 5.74) is 0.333. The van der Waals surface area contributed by atoms with Crippen molar-refractivity contribution >= 4 is 17.5 Å². The van der Waals surface area contributed by atoms with Crippen molar-refractivity contribution in [3.8, 4) is 0 Å². The highest BCUT2D eigenvalue weighted by Crippen LogP contribution is 2.00. The monoisotopic (exact) mass is 211 g/mol. The van der Waals surface area contributed by atoms with E-state index in [-0.39, 0.29) is 30.6 Å². The molecule has 0 aromatic rings. The molecule has 0 unspecified atom stereocenters. The summed E-state index contributed by atoms with van der Waals surface area (Å²) in [6.45, 7) is 8.13. The Kier molecular flexibility index (Phi) is 5.52. The Morgan fingerprint density at radius 3 is 2.00 bits per heavy atom. The molecule has 0 spiro atoms. The van der Waals surface area contributed by atoms with Crippen LogP contribution in [0.2, 0.25) is 0 Å². The number of ketones is 2. The number of hydrogen-bond donors (Lipinski definition) is 0. The van der Waals surface area contributed by atoms with Crippen LogP contribution in [0.4, 0.5) is 0 Å². The molecule has 0 aliphatic heterocycles. The number of rotatable bonds is 6. The van der Waals surface area contributed by atoms with Gasteiger partial charge in [0.15, 0.2) is 5.78 Å². The number of carbonyl (C=O) groups excluding carboxylic acids is 3. The maximum Gasteiger partial charge on any atom is 0.249 e. The first kappa shape index (κ1) is 13.5. The van der Waals surface area contributed by atoms with Crippen LogP contribution in [-0.4, -0.2) is 35.5 Å². The van der Waals surface area contributed by atoms with Gasteiger partial charge in [0.1, 0.15) is 5.78 Å². The van der Waals surface area contributed by atoms with Crippen molar-refractivity contribution in [2.45, 2.75) is 27.2 Å². The number of amides is 1. The summed E-state index contributed by atoms with van der Waals surface area (Å²) in [6.07, 6.45) is 0.359. The van der Waals surface area contributed by atoms with Crippen LogP contribution < -0.4 is 0 Å². The van der Waals surface area contributed by atoms with Gasteiger partial charge < -0.3 is 4.90 Å². The third kappa shape index (κ3) is 5.10. The molecule has 0 aliphatic carbocycles. The van der Waals surface area contributed by atoms with E-state index in [0.29, 0.717) is 12.0 Å². The average Bonchev–Trinajstić information content (AvgIpc) is 2.14. The average molecular weight is 211 g/mol. The van der Waals surface area contributed by atoms with E-state index >= 15 is 0 Å². The molecule has 15 heavy (non-hydrogen) atoms. The highest BCUT2D eigenvalue weighted by atomic mass is 16.2. The second-order valence-electron chi connectivity index (χ2n) is 3.54. The van der Waals surface area contributed by atoms with Crippen LogP contribution in [0.5, 0.6) is 0 Å². The lowest BCUT2D eigenvalue weighted by Crippen LogP contribution is -2.39. The molecule has 84 valence electrons. The highest BCUT2D eigenvalue weighted by Gasteiger charge is 2.17. The van der Waals surface area contributed by atoms with Crippen LogP contribution in [0.1, 0.15) is 27.2 Å². The molecule has 0 N–H and O–H groups in total. The molecule has 0 heterocycles. The molecule has 0 aromatic carbocycles. The second kappa shape index (κ2) is 6.11. The van der Waals surface area contributed by atoms with Crippen LogP contribution >= 0.6 is 0 Å². The largest absolute Gasteiger partial charge is 0.324 e. The van der Waals surface area contributed by atoms with E-state index in [0.717, 1.165) is 0 Å². The quantitative estimate of drug-likeness (QED) is 0.615. The van der Waals surface area contributed by atoms with Gasteiger partial charge in [-0.3, -0.25) is 14.4 Å². The molecule has 0 rings (SSSR count). The molecule has 0 bridgehead atoms. The predicted molar refractivity (Wildman–Crippen MR) is 57.4 cm³/mol. The minimum atomic E-state index is -0.341. The highest BCUT2D eigenvalue weighted by molar-refractivity contribution is 5.97. The van der Waals surface area contributed by atoms with Gasteiger partial charge in [-0.05, 0) is 13.8 Å². The zero-order valence-electron chi connectivity index (χ0n) is 9.50. The first-order chi connectivity index (χ1) is 6.88. The van der Waals surface area contributed by atoms with Gasteiger partial charge >= 0.3 is 0 Å². The zero-order chi connectivity index (χ0) is 12.0. The number of nitrogens with zero attached hydrogens (tertiary/aromatic N) is 1. The summed E-state index contributed by atoms with van der Waals surface area (Å²) in [7, 11) is 0. The van der Waals surface area contributed by atoms with Crippen LogP contribution in [0.15, 0.2) is 12.2 Å². The van der Waals surface area contributed by atoms with Crippen molar-refractivity contribution in [3.05, 3.63) is 12.2 Å². The summed E-state index contributed by atoms with van der Waals surface area (Å²) in [5.74, 6) is -0.550. The van der Waals surface area contributed by atoms with E-state index in [1.807, 2.05) is 0 Å². The van der Waals surface area contributed by atoms with Gasteiger partial charge in [0.05, 0.1) is 13.1 Å². The van der Waals surface area contributed by atoms with Crippen LogP contribution in [-0.2, 0) is 14.4 Å². The topological polar surface area (TPSA) is 54.5 Å². The van der Waals surface area contributed by atoms with Gasteiger partial charge in [-0.2, -0.15) is 0 Å². The summed E-state index contributed by atoms with van der Waals surface area (Å²) in [4.78, 5) is 34.9. The number of carbonyl (C=O) groups is 3. The molecule has 0 aliphatic rings. The van der Waals surface area contributed by atoms with E-state index in [1.54, 1.807) is 13.8 Å². The number of hydrogen-bond acceptors (Lipinski definition) is 3. The van der Waals surface area contributed by atoms with Crippen molar-refractivity contribution in [2.24, 2.45) is 0 Å². The lowest BCUT2D eigenvalue weighted by atomic mass is 10.2. The smallest absolute Gasteiger partial charge is 0.249 e. The Balaban J connectivity index is 4.57. The van der Waals surface area contributed by atoms with E-state index in [4.69, 9.17) is 0 Å². The first-order valence-electron chi connectivity index (χ1n) is 4.84. The van der Waals surface area contributed by atoms with Crippen molar-refractivity contribution in [1.82, 2.24) is 4.90 Å². The fraction of sp³-hybridized carbons (Fsp3) is 0.545. The van der Waals surface area contributed by atoms with E-state index in [2.05, 4.69) is 6.58 Å². The lowest BCUT2D eigenvalue weighted by Gasteiger charge is -2.20. The maximum absolute atomic E-state index is 11.6. The molecular weight excluding hydrogens is 194 g/mol. The van der Waals surface area contributed by atoms with Crippen LogP contribution in [0.3, 0.4) is 0 Å². The molecule has 4 heteroatoms. The van der Waals surface area contributed by atoms with Gasteiger partial charge in [0.25, 0.3) is 0 Å². The molecule has 0 saturated heterocycles. The summed E-state index contributed by atoms with van der Waals surface area (Å²) < 4.78 is 0. The first-order valence-corrected chi connectivity index (χ1v) is 4.84. The third-order valence-electron chi connectivity index (χ3n) is 1.83. The minimum Gasteiger partial charge on any atom is -0.324 e. The lowest BCUT2D eigenvalue weighted by molar-refractivity contribution is -0.135. The Labute approximate surface area is 89.9 Å². The molecule has 0 atom stereocenters. The molecule has 0 radical (unpaired) electrons. The van der Waals surface area contributed by atoms with E-state index < -0.39 is 0 Å². The van der Waals surface area contributed by atoms with Crippen molar-refractivity contribution in [2.75, 3.05) is 13.1 Å². The molecule has 0 saturated carbocycles. The normalized spacial score (nSPS) is 9.53. The minimum absolute atomic E-state index is 0.0121. The number of Topliss-reactive ketones (excluding diaryl/α,β-unsaturated/α-hetero) is 2. The van der Waals surface area contributed by atoms with E-state index in [9.17, 15) is 14.4 Å². The summed E-state index contributed by atoms with van der Waals surface area (Å²) >= 11 is 0. The second-order valence-corrected chi connectivity index (χ2v) is 3.54. The Bertz CT molecular complexity index is 294. The fourth-order valence-electron chi connectivity index (χ4n) is 1.06. The Hall–Kier alpha value is -1.45. The van der Waals surface area contributed by atoms with Gasteiger partial charge in [-0.15, -0.1) is 0 Å². The van der Waals surface area contributed by atoms with Crippen LogP contribution in [0.25, 0.3) is 0 Å². The van der Waals surface area contributed by atoms with Crippen molar-refractivity contribution in [1.29, 1.82) is 0 Å². The van der Waals surface area contributed by atoms with Crippen molar-refractivity contribution in [3.63, 3.8) is 0 Å². The zero-order valence-corrected chi connectivity index (χ0v) is 9.50.